The minimum Gasteiger partial charge on any atom is -0.369 e. The highest BCUT2D eigenvalue weighted by atomic mass is 16.2. The molecule has 0 saturated heterocycles. The molecule has 6 aliphatic rings. The van der Waals surface area contributed by atoms with E-state index >= 15 is 0 Å². The van der Waals surface area contributed by atoms with Crippen molar-refractivity contribution in [3.63, 3.8) is 0 Å². The van der Waals surface area contributed by atoms with Crippen molar-refractivity contribution >= 4 is 29.6 Å². The zero-order chi connectivity index (χ0) is 35.7. The summed E-state index contributed by atoms with van der Waals surface area (Å²) in [5.41, 5.74) is 10.8. The van der Waals surface area contributed by atoms with Crippen LogP contribution in [0.1, 0.15) is 167 Å². The molecule has 282 valence electrons. The number of carbonyl (C=O) groups is 3. The second kappa shape index (κ2) is 17.7. The number of aliphatic imine (C=N–C) groups is 2. The van der Waals surface area contributed by atoms with Gasteiger partial charge in [-0.2, -0.15) is 0 Å². The third kappa shape index (κ3) is 9.81. The number of carbonyl (C=O) groups excluding carboxylic acids is 3. The van der Waals surface area contributed by atoms with Crippen LogP contribution in [-0.4, -0.2) is 70.7 Å². The number of hydrogen-bond donors (Lipinski definition) is 3. The first-order chi connectivity index (χ1) is 24.0. The molecule has 0 aromatic rings. The average Bonchev–Trinajstić information content (AvgIpc) is 3.46. The smallest absolute Gasteiger partial charge is 0.257 e. The van der Waals surface area contributed by atoms with E-state index < -0.39 is 11.1 Å². The molecule has 2 heterocycles. The lowest BCUT2D eigenvalue weighted by molar-refractivity contribution is -0.132. The molecule has 0 aromatic heterocycles. The Hall–Kier alpha value is -2.65. The van der Waals surface area contributed by atoms with Crippen molar-refractivity contribution in [1.29, 1.82) is 0 Å². The largest absolute Gasteiger partial charge is 0.369 e. The van der Waals surface area contributed by atoms with Gasteiger partial charge in [-0.1, -0.05) is 109 Å². The first kappa shape index (κ1) is 38.6. The summed E-state index contributed by atoms with van der Waals surface area (Å²) in [6.45, 7) is 1.58. The van der Waals surface area contributed by atoms with Crippen LogP contribution in [0, 0.1) is 23.7 Å². The summed E-state index contributed by atoms with van der Waals surface area (Å²) in [4.78, 5) is 50.0. The minimum absolute atomic E-state index is 0.0339. The highest BCUT2D eigenvalue weighted by Crippen LogP contribution is 2.42. The number of hydrogen-bond acceptors (Lipinski definition) is 7. The van der Waals surface area contributed by atoms with Gasteiger partial charge >= 0.3 is 0 Å². The van der Waals surface area contributed by atoms with Crippen LogP contribution in [0.4, 0.5) is 0 Å². The molecule has 4 saturated carbocycles. The van der Waals surface area contributed by atoms with E-state index in [1.807, 2.05) is 0 Å². The fraction of sp³-hybridized carbons (Fsp3) is 0.875. The number of nitrogens with two attached hydrogens (primary N) is 2. The Kier molecular flexibility index (Phi) is 13.7. The minimum atomic E-state index is -0.681. The van der Waals surface area contributed by atoms with Gasteiger partial charge in [0.05, 0.1) is 0 Å². The van der Waals surface area contributed by atoms with Crippen molar-refractivity contribution in [1.82, 2.24) is 15.1 Å². The van der Waals surface area contributed by atoms with Gasteiger partial charge in [0.15, 0.2) is 11.9 Å². The van der Waals surface area contributed by atoms with Crippen molar-refractivity contribution in [2.24, 2.45) is 45.1 Å². The molecule has 3 amide bonds. The number of guanidine groups is 2. The van der Waals surface area contributed by atoms with Crippen LogP contribution < -0.4 is 16.8 Å². The lowest BCUT2D eigenvalue weighted by Gasteiger charge is -2.35. The van der Waals surface area contributed by atoms with Crippen LogP contribution in [0.15, 0.2) is 9.98 Å². The number of rotatable bonds is 11. The SMILES string of the molecule is CC(=O)N[C@@H]1CCC[C@H](C[C@@]2(CCC3CCCCC3)N=C(N)N(C)C2=O)C1.CN1C(=O)[C@@](CCC2CCCCC2)(CC2CCCCC2)N=C1N. The van der Waals surface area contributed by atoms with Crippen molar-refractivity contribution in [3.05, 3.63) is 0 Å². The van der Waals surface area contributed by atoms with E-state index in [1.54, 1.807) is 25.9 Å². The van der Waals surface area contributed by atoms with Gasteiger partial charge in [0.25, 0.3) is 11.8 Å². The molecule has 4 aliphatic carbocycles. The Balaban J connectivity index is 0.000000197. The number of likely N-dealkylation sites (N-methyl/N-ethyl adjacent to an activating group) is 2. The molecule has 0 radical (unpaired) electrons. The molecular weight excluding hydrogens is 626 g/mol. The van der Waals surface area contributed by atoms with Gasteiger partial charge in [-0.15, -0.1) is 0 Å². The first-order valence-electron chi connectivity index (χ1n) is 20.5. The van der Waals surface area contributed by atoms with Crippen molar-refractivity contribution in [2.45, 2.75) is 185 Å². The highest BCUT2D eigenvalue weighted by Gasteiger charge is 2.49. The summed E-state index contributed by atoms with van der Waals surface area (Å²) in [6.07, 6.45) is 29.6. The zero-order valence-electron chi connectivity index (χ0n) is 31.7. The van der Waals surface area contributed by atoms with Gasteiger partial charge in [0.2, 0.25) is 5.91 Å². The molecule has 10 nitrogen and oxygen atoms in total. The van der Waals surface area contributed by atoms with Gasteiger partial charge in [0, 0.05) is 27.1 Å². The lowest BCUT2D eigenvalue weighted by atomic mass is 9.74. The standard InChI is InChI=1S/C21H36N4O2.C19H33N3O/c1-15(26)23-18-10-6-9-17(13-18)14-21(19(27)25(2)20(22)24-21)12-11-16-7-4-3-5-8-16;1-22-17(23)19(21-18(22)20,14-16-10-6-3-7-11-16)13-12-15-8-4-2-5-9-15/h16-18H,3-14H2,1-2H3,(H2,22,24)(H,23,26);15-16H,2-14H2,1H3,(H2,20,21)/t17-,18+,21+;19-/m01/s1. The number of nitrogens with zero attached hydrogens (tertiary/aromatic N) is 4. The summed E-state index contributed by atoms with van der Waals surface area (Å²) >= 11 is 0. The van der Waals surface area contributed by atoms with Gasteiger partial charge in [-0.05, 0) is 75.0 Å². The second-order valence-corrected chi connectivity index (χ2v) is 17.2. The fourth-order valence-electron chi connectivity index (χ4n) is 10.4. The van der Waals surface area contributed by atoms with Crippen LogP contribution in [0.25, 0.3) is 0 Å². The molecule has 0 aromatic carbocycles. The first-order valence-corrected chi connectivity index (χ1v) is 20.5. The zero-order valence-corrected chi connectivity index (χ0v) is 31.7. The molecular formula is C40H69N7O3. The van der Waals surface area contributed by atoms with Crippen LogP contribution in [-0.2, 0) is 14.4 Å². The monoisotopic (exact) mass is 696 g/mol. The topological polar surface area (TPSA) is 146 Å². The summed E-state index contributed by atoms with van der Waals surface area (Å²) in [6, 6.07) is 0.229. The van der Waals surface area contributed by atoms with Gasteiger partial charge < -0.3 is 16.8 Å². The van der Waals surface area contributed by atoms with Crippen LogP contribution >= 0.6 is 0 Å². The Bertz CT molecular complexity index is 1220. The maximum Gasteiger partial charge on any atom is 0.257 e. The average molecular weight is 696 g/mol. The van der Waals surface area contributed by atoms with Gasteiger partial charge in [-0.3, -0.25) is 24.2 Å². The summed E-state index contributed by atoms with van der Waals surface area (Å²) in [7, 11) is 3.52. The maximum absolute atomic E-state index is 13.1. The third-order valence-electron chi connectivity index (χ3n) is 13.3. The molecule has 5 N–H and O–H groups in total. The number of nitrogens with one attached hydrogen (secondary N) is 1. The van der Waals surface area contributed by atoms with E-state index in [0.29, 0.717) is 23.8 Å². The molecule has 4 fully saturated rings. The van der Waals surface area contributed by atoms with E-state index in [1.165, 1.54) is 101 Å². The van der Waals surface area contributed by atoms with E-state index in [2.05, 4.69) is 5.32 Å². The van der Waals surface area contributed by atoms with E-state index in [-0.39, 0.29) is 23.8 Å². The highest BCUT2D eigenvalue weighted by molar-refractivity contribution is 6.07. The predicted octanol–water partition coefficient (Wildman–Crippen LogP) is 6.80. The van der Waals surface area contributed by atoms with Crippen molar-refractivity contribution in [2.75, 3.05) is 14.1 Å². The predicted molar refractivity (Wildman–Crippen MR) is 201 cm³/mol. The second-order valence-electron chi connectivity index (χ2n) is 17.2. The fourth-order valence-corrected chi connectivity index (χ4v) is 10.4. The number of amides is 3. The van der Waals surface area contributed by atoms with Gasteiger partial charge in [-0.25, -0.2) is 9.98 Å². The van der Waals surface area contributed by atoms with Crippen LogP contribution in [0.2, 0.25) is 0 Å². The molecule has 10 heteroatoms. The molecule has 0 spiro atoms. The Morgan fingerprint density at radius 1 is 0.640 bits per heavy atom. The summed E-state index contributed by atoms with van der Waals surface area (Å²) < 4.78 is 0. The van der Waals surface area contributed by atoms with Gasteiger partial charge in [0.1, 0.15) is 11.1 Å². The van der Waals surface area contributed by atoms with Crippen molar-refractivity contribution in [3.8, 4) is 0 Å². The Labute approximate surface area is 302 Å². The van der Waals surface area contributed by atoms with Crippen LogP contribution in [0.3, 0.4) is 0 Å². The maximum atomic E-state index is 13.1. The van der Waals surface area contributed by atoms with E-state index in [4.69, 9.17) is 21.5 Å². The van der Waals surface area contributed by atoms with Crippen LogP contribution in [0.5, 0.6) is 0 Å². The lowest BCUT2D eigenvalue weighted by Crippen LogP contribution is -2.45. The molecule has 6 rings (SSSR count). The Morgan fingerprint density at radius 2 is 1.04 bits per heavy atom. The molecule has 4 atom stereocenters. The van der Waals surface area contributed by atoms with Crippen molar-refractivity contribution < 1.29 is 14.4 Å². The molecule has 50 heavy (non-hydrogen) atoms. The molecule has 2 aliphatic heterocycles. The molecule has 0 bridgehead atoms. The third-order valence-corrected chi connectivity index (χ3v) is 13.3. The normalized spacial score (nSPS) is 31.7. The Morgan fingerprint density at radius 3 is 1.44 bits per heavy atom. The van der Waals surface area contributed by atoms with E-state index in [9.17, 15) is 14.4 Å². The van der Waals surface area contributed by atoms with E-state index in [0.717, 1.165) is 76.0 Å². The summed E-state index contributed by atoms with van der Waals surface area (Å²) in [5, 5.41) is 3.07. The quantitative estimate of drug-likeness (QED) is 0.218. The summed E-state index contributed by atoms with van der Waals surface area (Å²) in [5.74, 6) is 3.62. The molecule has 0 unspecified atom stereocenters.